The first-order valence-corrected chi connectivity index (χ1v) is 24.7. The summed E-state index contributed by atoms with van der Waals surface area (Å²) in [5.41, 5.74) is 4.08. The van der Waals surface area contributed by atoms with Gasteiger partial charge in [0, 0.05) is 120 Å². The third kappa shape index (κ3) is 9.30. The van der Waals surface area contributed by atoms with Gasteiger partial charge in [0.25, 0.3) is 11.5 Å². The maximum Gasteiger partial charge on any atom is 0.329 e. The van der Waals surface area contributed by atoms with Crippen molar-refractivity contribution in [2.75, 3.05) is 64.7 Å². The van der Waals surface area contributed by atoms with Crippen molar-refractivity contribution in [3.63, 3.8) is 0 Å². The molecule has 0 unspecified atom stereocenters. The highest BCUT2D eigenvalue weighted by Gasteiger charge is 2.34. The number of rotatable bonds is 11. The van der Waals surface area contributed by atoms with E-state index in [4.69, 9.17) is 0 Å². The Labute approximate surface area is 408 Å². The van der Waals surface area contributed by atoms with Crippen molar-refractivity contribution in [2.24, 2.45) is 20.0 Å². The summed E-state index contributed by atoms with van der Waals surface area (Å²) in [6, 6.07) is 12.8. The van der Waals surface area contributed by atoms with Crippen molar-refractivity contribution >= 4 is 45.5 Å². The number of piperidine rings is 3. The van der Waals surface area contributed by atoms with E-state index < -0.39 is 29.4 Å². The van der Waals surface area contributed by atoms with Crippen LogP contribution in [0.3, 0.4) is 0 Å². The third-order valence-electron chi connectivity index (χ3n) is 15.6. The molecule has 374 valence electrons. The molecule has 0 saturated carbocycles. The molecule has 3 amide bonds. The molecule has 0 aliphatic carbocycles. The molecule has 4 aromatic heterocycles. The number of benzene rings is 2. The molecule has 4 aliphatic heterocycles. The summed E-state index contributed by atoms with van der Waals surface area (Å²) in [6.07, 6.45) is 5.92. The predicted molar refractivity (Wildman–Crippen MR) is 263 cm³/mol. The van der Waals surface area contributed by atoms with Crippen LogP contribution in [-0.4, -0.2) is 126 Å². The number of nitrogens with zero attached hydrogens (tertiary/aromatic N) is 9. The Morgan fingerprint density at radius 1 is 0.803 bits per heavy atom. The van der Waals surface area contributed by atoms with Crippen LogP contribution in [0.15, 0.2) is 70.5 Å². The number of nitrogens with one attached hydrogen (secondary N) is 2. The average Bonchev–Trinajstić information content (AvgIpc) is 3.80. The summed E-state index contributed by atoms with van der Waals surface area (Å²) < 4.78 is 52.8. The normalized spacial score (nSPS) is 20.4. The number of aryl methyl sites for hydroxylation is 2. The molecule has 4 fully saturated rings. The SMILES string of the molecule is CNc1cc(=O)n(-c2ccnc3c2cc(CN2CCC(c4c(F)cc(C(=O)N5CCC(CN6CCN(Cc7ccc8c(c7)n(C)c(=O)n8[C@@H]7CCC(=O)NC7=O)C[C@@H]6C)CC5)cc4F)CC2)n3C)cc1F. The molecule has 2 atom stereocenters. The lowest BCUT2D eigenvalue weighted by atomic mass is 9.87. The quantitative estimate of drug-likeness (QED) is 0.165. The van der Waals surface area contributed by atoms with Gasteiger partial charge in [-0.05, 0) is 106 Å². The third-order valence-corrected chi connectivity index (χ3v) is 15.6. The summed E-state index contributed by atoms with van der Waals surface area (Å²) in [7, 11) is 5.15. The zero-order valence-corrected chi connectivity index (χ0v) is 40.6. The van der Waals surface area contributed by atoms with Gasteiger partial charge in [0.2, 0.25) is 11.8 Å². The van der Waals surface area contributed by atoms with Gasteiger partial charge < -0.3 is 14.8 Å². The van der Waals surface area contributed by atoms with E-state index in [1.807, 2.05) is 35.9 Å². The zero-order chi connectivity index (χ0) is 49.8. The number of anilines is 1. The summed E-state index contributed by atoms with van der Waals surface area (Å²) in [4.78, 5) is 77.7. The van der Waals surface area contributed by atoms with Crippen molar-refractivity contribution in [1.82, 2.24) is 48.2 Å². The van der Waals surface area contributed by atoms with Crippen LogP contribution < -0.4 is 21.9 Å². The monoisotopic (exact) mass is 975 g/mol. The Morgan fingerprint density at radius 3 is 2.25 bits per heavy atom. The van der Waals surface area contributed by atoms with Crippen molar-refractivity contribution in [3.05, 3.63) is 122 Å². The molecule has 71 heavy (non-hydrogen) atoms. The maximum absolute atomic E-state index is 15.9. The van der Waals surface area contributed by atoms with Crippen LogP contribution in [0.1, 0.15) is 84.6 Å². The van der Waals surface area contributed by atoms with Gasteiger partial charge in [-0.2, -0.15) is 0 Å². The number of imidazole rings is 1. The fraction of sp³-hybridized carbons (Fsp3) is 0.462. The summed E-state index contributed by atoms with van der Waals surface area (Å²) in [6.45, 7) is 9.26. The van der Waals surface area contributed by atoms with Crippen LogP contribution in [0, 0.1) is 23.4 Å². The van der Waals surface area contributed by atoms with Crippen LogP contribution in [0.5, 0.6) is 0 Å². The molecule has 0 radical (unpaired) electrons. The Hall–Kier alpha value is -6.57. The number of likely N-dealkylation sites (tertiary alicyclic amines) is 2. The largest absolute Gasteiger partial charge is 0.386 e. The number of piperazine rings is 1. The second-order valence-electron chi connectivity index (χ2n) is 20.0. The fourth-order valence-corrected chi connectivity index (χ4v) is 11.5. The number of halogens is 3. The average molecular weight is 976 g/mol. The van der Waals surface area contributed by atoms with Gasteiger partial charge in [-0.1, -0.05) is 6.07 Å². The number of hydrogen-bond acceptors (Lipinski definition) is 10. The molecule has 8 heterocycles. The number of fused-ring (bicyclic) bond motifs is 2. The highest BCUT2D eigenvalue weighted by atomic mass is 19.1. The number of aromatic nitrogens is 5. The van der Waals surface area contributed by atoms with Crippen molar-refractivity contribution in [3.8, 4) is 5.69 Å². The second-order valence-corrected chi connectivity index (χ2v) is 20.0. The molecule has 2 aromatic carbocycles. The van der Waals surface area contributed by atoms with Gasteiger partial charge >= 0.3 is 5.69 Å². The van der Waals surface area contributed by atoms with Crippen LogP contribution in [0.4, 0.5) is 18.9 Å². The van der Waals surface area contributed by atoms with Crippen LogP contribution in [0.25, 0.3) is 27.8 Å². The molecule has 2 N–H and O–H groups in total. The maximum atomic E-state index is 15.9. The molecule has 0 spiro atoms. The number of carbonyl (C=O) groups excluding carboxylic acids is 3. The Bertz CT molecular complexity index is 3160. The van der Waals surface area contributed by atoms with E-state index in [0.717, 1.165) is 55.8 Å². The molecule has 4 aliphatic rings. The number of amides is 3. The van der Waals surface area contributed by atoms with Gasteiger partial charge in [-0.3, -0.25) is 52.9 Å². The fourth-order valence-electron chi connectivity index (χ4n) is 11.5. The van der Waals surface area contributed by atoms with E-state index in [9.17, 15) is 28.4 Å². The van der Waals surface area contributed by atoms with Gasteiger partial charge in [-0.25, -0.2) is 22.9 Å². The van der Waals surface area contributed by atoms with Gasteiger partial charge in [0.15, 0.2) is 5.82 Å². The predicted octanol–water partition coefficient (Wildman–Crippen LogP) is 5.25. The Morgan fingerprint density at radius 2 is 1.55 bits per heavy atom. The highest BCUT2D eigenvalue weighted by molar-refractivity contribution is 6.00. The zero-order valence-electron chi connectivity index (χ0n) is 40.6. The number of pyridine rings is 2. The van der Waals surface area contributed by atoms with Crippen molar-refractivity contribution < 1.29 is 27.6 Å². The molecular formula is C52H60F3N11O5. The summed E-state index contributed by atoms with van der Waals surface area (Å²) in [5, 5.41) is 5.75. The van der Waals surface area contributed by atoms with E-state index >= 15 is 8.78 Å². The molecular weight excluding hydrogens is 916 g/mol. The minimum atomic E-state index is -0.724. The smallest absolute Gasteiger partial charge is 0.329 e. The first kappa shape index (κ1) is 48.1. The molecule has 6 aromatic rings. The molecule has 16 nitrogen and oxygen atoms in total. The van der Waals surface area contributed by atoms with Crippen LogP contribution >= 0.6 is 0 Å². The van der Waals surface area contributed by atoms with Crippen molar-refractivity contribution in [1.29, 1.82) is 0 Å². The first-order chi connectivity index (χ1) is 34.1. The topological polar surface area (TPSA) is 155 Å². The van der Waals surface area contributed by atoms with Gasteiger partial charge in [-0.15, -0.1) is 0 Å². The Kier molecular flexibility index (Phi) is 13.2. The van der Waals surface area contributed by atoms with Gasteiger partial charge in [0.1, 0.15) is 23.3 Å². The highest BCUT2D eigenvalue weighted by Crippen LogP contribution is 2.35. The molecule has 10 rings (SSSR count). The first-order valence-electron chi connectivity index (χ1n) is 24.7. The lowest BCUT2D eigenvalue weighted by Gasteiger charge is -2.42. The lowest BCUT2D eigenvalue weighted by molar-refractivity contribution is -0.135. The number of carbonyl (C=O) groups is 3. The standard InChI is InChI=1S/C52H60F3N11O5/c1-31-26-62(27-33-5-6-43-45(21-33)60(4)52(71)66(43)44-7-8-46(67)58-50(44)69)19-20-64(31)28-32-10-17-63(18-11-32)51(70)35-22-38(53)48(39(54)23-35)34-12-15-61(16-13-34)29-36-24-37-42(9-14-57-49(37)59(36)3)65-30-40(55)41(56-2)25-47(65)68/h5-6,9,14,21-25,30-32,34,44,56H,7-8,10-13,15-20,26-29H2,1-4H3,(H,58,67,69)/t31-,44+/m0/s1. The minimum Gasteiger partial charge on any atom is -0.386 e. The Balaban J connectivity index is 0.700. The molecule has 19 heteroatoms. The lowest BCUT2D eigenvalue weighted by Crippen LogP contribution is -2.53. The summed E-state index contributed by atoms with van der Waals surface area (Å²) in [5.74, 6) is -3.01. The summed E-state index contributed by atoms with van der Waals surface area (Å²) >= 11 is 0. The number of hydrogen-bond donors (Lipinski definition) is 2. The minimum absolute atomic E-state index is 0.0317. The van der Waals surface area contributed by atoms with E-state index in [1.165, 1.54) is 33.5 Å². The number of imide groups is 1. The van der Waals surface area contributed by atoms with E-state index in [1.54, 1.807) is 35.8 Å². The van der Waals surface area contributed by atoms with Gasteiger partial charge in [0.05, 0.1) is 28.6 Å². The molecule has 0 bridgehead atoms. The van der Waals surface area contributed by atoms with Crippen LogP contribution in [0.2, 0.25) is 0 Å². The van der Waals surface area contributed by atoms with E-state index in [0.29, 0.717) is 86.3 Å². The van der Waals surface area contributed by atoms with Crippen LogP contribution in [-0.2, 0) is 36.8 Å². The molecule has 4 saturated heterocycles. The van der Waals surface area contributed by atoms with E-state index in [2.05, 4.69) is 37.2 Å². The second kappa shape index (κ2) is 19.6. The van der Waals surface area contributed by atoms with Crippen molar-refractivity contribution in [2.45, 2.75) is 76.5 Å². The van der Waals surface area contributed by atoms with E-state index in [-0.39, 0.29) is 58.6 Å².